The second-order valence-corrected chi connectivity index (χ2v) is 10.6. The van der Waals surface area contributed by atoms with Gasteiger partial charge < -0.3 is 4.90 Å². The van der Waals surface area contributed by atoms with Crippen molar-refractivity contribution in [2.75, 3.05) is 40.3 Å². The Morgan fingerprint density at radius 3 is 2.43 bits per heavy atom. The molecule has 2 fully saturated rings. The van der Waals surface area contributed by atoms with Crippen LogP contribution in [0.5, 0.6) is 0 Å². The van der Waals surface area contributed by atoms with Crippen molar-refractivity contribution in [1.29, 1.82) is 0 Å². The molecule has 30 heavy (non-hydrogen) atoms. The molecule has 0 amide bonds. The molecule has 1 aromatic carbocycles. The van der Waals surface area contributed by atoms with E-state index in [2.05, 4.69) is 49.6 Å². The normalized spacial score (nSPS) is 25.0. The zero-order valence-corrected chi connectivity index (χ0v) is 19.6. The molecule has 2 heterocycles. The largest absolute Gasteiger partial charge is 0.416 e. The first-order valence-electron chi connectivity index (χ1n) is 10.8. The number of hydrogen-bond donors (Lipinski definition) is 0. The third kappa shape index (κ3) is 5.14. The van der Waals surface area contributed by atoms with E-state index in [1.165, 1.54) is 12.1 Å². The lowest BCUT2D eigenvalue weighted by atomic mass is 9.79. The highest BCUT2D eigenvalue weighted by Crippen LogP contribution is 2.38. The molecule has 0 spiro atoms. The van der Waals surface area contributed by atoms with Crippen LogP contribution in [0.2, 0.25) is 5.02 Å². The minimum absolute atomic E-state index is 0.0605. The van der Waals surface area contributed by atoms with Gasteiger partial charge in [-0.15, -0.1) is 0 Å². The number of piperidine rings is 1. The van der Waals surface area contributed by atoms with E-state index in [1.54, 1.807) is 0 Å². The van der Waals surface area contributed by atoms with Gasteiger partial charge in [-0.25, -0.2) is 0 Å². The van der Waals surface area contributed by atoms with Crippen molar-refractivity contribution in [2.24, 2.45) is 0 Å². The van der Waals surface area contributed by atoms with Crippen LogP contribution in [0.1, 0.15) is 51.2 Å². The maximum atomic E-state index is 13.2. The van der Waals surface area contributed by atoms with E-state index in [0.717, 1.165) is 51.5 Å². The molecule has 3 rings (SSSR count). The summed E-state index contributed by atoms with van der Waals surface area (Å²) in [7, 11) is 4.33. The molecule has 170 valence electrons. The molecule has 1 aromatic rings. The summed E-state index contributed by atoms with van der Waals surface area (Å²) in [6.45, 7) is 10.8. The summed E-state index contributed by atoms with van der Waals surface area (Å²) in [4.78, 5) is 7.36. The number of hydrogen-bond acceptors (Lipinski definition) is 3. The number of likely N-dealkylation sites (tertiary alicyclic amines) is 2. The summed E-state index contributed by atoms with van der Waals surface area (Å²) >= 11 is 6.31. The summed E-state index contributed by atoms with van der Waals surface area (Å²) in [5.74, 6) is 0. The van der Waals surface area contributed by atoms with Crippen molar-refractivity contribution in [3.8, 4) is 0 Å². The van der Waals surface area contributed by atoms with Crippen LogP contribution in [0, 0.1) is 0 Å². The Labute approximate surface area is 184 Å². The van der Waals surface area contributed by atoms with Crippen LogP contribution in [-0.2, 0) is 12.6 Å². The Morgan fingerprint density at radius 1 is 1.20 bits per heavy atom. The van der Waals surface area contributed by atoms with E-state index < -0.39 is 11.7 Å². The summed E-state index contributed by atoms with van der Waals surface area (Å²) < 4.78 is 39.6. The smallest absolute Gasteiger partial charge is 0.303 e. The van der Waals surface area contributed by atoms with Crippen molar-refractivity contribution >= 4 is 11.6 Å². The molecule has 2 saturated heterocycles. The van der Waals surface area contributed by atoms with E-state index >= 15 is 0 Å². The average molecular weight is 446 g/mol. The van der Waals surface area contributed by atoms with Gasteiger partial charge in [-0.1, -0.05) is 11.6 Å². The van der Waals surface area contributed by atoms with Gasteiger partial charge in [0.15, 0.2) is 0 Å². The number of rotatable bonds is 5. The van der Waals surface area contributed by atoms with Crippen molar-refractivity contribution in [1.82, 2.24) is 14.7 Å². The fourth-order valence-electron chi connectivity index (χ4n) is 4.96. The lowest BCUT2D eigenvalue weighted by molar-refractivity contribution is -0.137. The summed E-state index contributed by atoms with van der Waals surface area (Å²) in [6, 6.07) is 4.18. The molecule has 2 aliphatic rings. The van der Waals surface area contributed by atoms with Crippen LogP contribution >= 0.6 is 11.6 Å². The Hall–Kier alpha value is -0.820. The first-order valence-corrected chi connectivity index (χ1v) is 11.2. The number of nitrogens with zero attached hydrogens (tertiary/aromatic N) is 3. The summed E-state index contributed by atoms with van der Waals surface area (Å²) in [5.41, 5.74) is -0.0195. The molecule has 3 nitrogen and oxygen atoms in total. The molecular formula is C23H35ClF3N3. The highest BCUT2D eigenvalue weighted by atomic mass is 35.5. The van der Waals surface area contributed by atoms with Gasteiger partial charge in [0.1, 0.15) is 0 Å². The number of benzene rings is 1. The average Bonchev–Trinajstić information content (AvgIpc) is 2.63. The molecule has 0 aliphatic carbocycles. The topological polar surface area (TPSA) is 9.72 Å². The number of alkyl halides is 3. The van der Waals surface area contributed by atoms with Gasteiger partial charge in [0, 0.05) is 41.8 Å². The standard InChI is InChI=1S/C23H35ClF3N3/c1-21(2,3)30-12-6-10-22(16-30,29(5)19-14-28(4)15-19)11-9-17-13-18(23(25,26)27)7-8-20(17)24/h7-8,13,19H,6,9-12,14-16H2,1-5H3/t22-/m1/s1. The highest BCUT2D eigenvalue weighted by molar-refractivity contribution is 6.31. The van der Waals surface area contributed by atoms with Gasteiger partial charge in [0.2, 0.25) is 0 Å². The van der Waals surface area contributed by atoms with E-state index in [-0.39, 0.29) is 11.1 Å². The fraction of sp³-hybridized carbons (Fsp3) is 0.739. The van der Waals surface area contributed by atoms with Gasteiger partial charge >= 0.3 is 6.18 Å². The first-order chi connectivity index (χ1) is 13.8. The van der Waals surface area contributed by atoms with Crippen molar-refractivity contribution < 1.29 is 13.2 Å². The molecule has 0 bridgehead atoms. The Morgan fingerprint density at radius 2 is 1.87 bits per heavy atom. The Bertz CT molecular complexity index is 740. The third-order valence-electron chi connectivity index (χ3n) is 7.08. The SMILES string of the molecule is CN1CC(N(C)[C@@]2(CCc3cc(C(F)(F)F)ccc3Cl)CCCN(C(C)(C)C)C2)C1. The predicted octanol–water partition coefficient (Wildman–Crippen LogP) is 5.17. The number of likely N-dealkylation sites (N-methyl/N-ethyl adjacent to an activating group) is 2. The molecular weight excluding hydrogens is 411 g/mol. The molecule has 2 aliphatic heterocycles. The lowest BCUT2D eigenvalue weighted by Gasteiger charge is -2.56. The number of aryl methyl sites for hydroxylation is 1. The minimum atomic E-state index is -4.35. The zero-order valence-electron chi connectivity index (χ0n) is 18.8. The molecule has 0 radical (unpaired) electrons. The quantitative estimate of drug-likeness (QED) is 0.619. The second kappa shape index (κ2) is 8.61. The minimum Gasteiger partial charge on any atom is -0.303 e. The van der Waals surface area contributed by atoms with E-state index in [4.69, 9.17) is 11.6 Å². The number of halogens is 4. The predicted molar refractivity (Wildman–Crippen MR) is 117 cm³/mol. The van der Waals surface area contributed by atoms with Crippen molar-refractivity contribution in [2.45, 2.75) is 69.8 Å². The fourth-order valence-corrected chi connectivity index (χ4v) is 5.17. The molecule has 7 heteroatoms. The monoisotopic (exact) mass is 445 g/mol. The van der Waals surface area contributed by atoms with E-state index in [1.807, 2.05) is 0 Å². The van der Waals surface area contributed by atoms with Gasteiger partial charge in [0.25, 0.3) is 0 Å². The Kier molecular flexibility index (Phi) is 6.84. The van der Waals surface area contributed by atoms with Crippen LogP contribution in [0.3, 0.4) is 0 Å². The molecule has 0 saturated carbocycles. The maximum absolute atomic E-state index is 13.2. The maximum Gasteiger partial charge on any atom is 0.416 e. The van der Waals surface area contributed by atoms with Crippen LogP contribution in [0.4, 0.5) is 13.2 Å². The van der Waals surface area contributed by atoms with Crippen molar-refractivity contribution in [3.63, 3.8) is 0 Å². The lowest BCUT2D eigenvalue weighted by Crippen LogP contribution is -2.68. The molecule has 0 aromatic heterocycles. The third-order valence-corrected chi connectivity index (χ3v) is 7.45. The molecule has 1 atom stereocenters. The van der Waals surface area contributed by atoms with E-state index in [9.17, 15) is 13.2 Å². The second-order valence-electron chi connectivity index (χ2n) is 10.2. The Balaban J connectivity index is 1.85. The van der Waals surface area contributed by atoms with Crippen LogP contribution in [0.15, 0.2) is 18.2 Å². The molecule has 0 unspecified atom stereocenters. The van der Waals surface area contributed by atoms with E-state index in [0.29, 0.717) is 23.0 Å². The zero-order chi connectivity index (χ0) is 22.3. The first kappa shape index (κ1) is 23.8. The van der Waals surface area contributed by atoms with Crippen LogP contribution in [-0.4, -0.2) is 72.1 Å². The summed E-state index contributed by atoms with van der Waals surface area (Å²) in [6.07, 6.45) is -0.837. The van der Waals surface area contributed by atoms with Crippen LogP contribution in [0.25, 0.3) is 0 Å². The van der Waals surface area contributed by atoms with Gasteiger partial charge in [-0.05, 0) is 90.9 Å². The van der Waals surface area contributed by atoms with Gasteiger partial charge in [0.05, 0.1) is 5.56 Å². The van der Waals surface area contributed by atoms with Gasteiger partial charge in [-0.2, -0.15) is 13.2 Å². The highest BCUT2D eigenvalue weighted by Gasteiger charge is 2.45. The van der Waals surface area contributed by atoms with Gasteiger partial charge in [-0.3, -0.25) is 9.80 Å². The van der Waals surface area contributed by atoms with Crippen molar-refractivity contribution in [3.05, 3.63) is 34.3 Å². The molecule has 0 N–H and O–H groups in total. The summed E-state index contributed by atoms with van der Waals surface area (Å²) in [5, 5.41) is 0.424. The van der Waals surface area contributed by atoms with Crippen LogP contribution < -0.4 is 0 Å².